The van der Waals surface area contributed by atoms with Crippen LogP contribution < -0.4 is 4.90 Å². The smallest absolute Gasteiger partial charge is 0.0548 e. The average Bonchev–Trinajstić information content (AvgIpc) is 3.75. The molecule has 268 valence electrons. The molecule has 2 heteroatoms. The molecule has 2 nitrogen and oxygen atoms in total. The van der Waals surface area contributed by atoms with Crippen molar-refractivity contribution in [2.75, 3.05) is 4.90 Å². The predicted molar refractivity (Wildman–Crippen MR) is 247 cm³/mol. The van der Waals surface area contributed by atoms with Gasteiger partial charge < -0.3 is 9.47 Å². The summed E-state index contributed by atoms with van der Waals surface area (Å²) in [6.45, 7) is 0. The Hall–Kier alpha value is -7.68. The SMILES string of the molecule is c1ccc(-c2c3c4ccccc4c4ccc5c(c4-3)c3c4c(cccc24)ccc3n5-c2ccc(N(c3ccc4ccccc4c3)c3ccc4ccccc4c3)cc2)cc1. The Morgan fingerprint density at radius 2 is 0.828 bits per heavy atom. The lowest BCUT2D eigenvalue weighted by atomic mass is 9.92. The fourth-order valence-corrected chi connectivity index (χ4v) is 10.1. The highest BCUT2D eigenvalue weighted by Crippen LogP contribution is 2.55. The third-order valence-corrected chi connectivity index (χ3v) is 12.6. The third-order valence-electron chi connectivity index (χ3n) is 12.6. The second kappa shape index (κ2) is 11.9. The summed E-state index contributed by atoms with van der Waals surface area (Å²) in [6.07, 6.45) is 0. The van der Waals surface area contributed by atoms with Crippen molar-refractivity contribution in [3.05, 3.63) is 206 Å². The molecule has 1 aromatic heterocycles. The molecule has 1 heterocycles. The third kappa shape index (κ3) is 4.37. The average molecular weight is 735 g/mol. The van der Waals surface area contributed by atoms with E-state index in [0.29, 0.717) is 0 Å². The van der Waals surface area contributed by atoms with E-state index in [1.165, 1.54) is 97.9 Å². The van der Waals surface area contributed by atoms with E-state index in [9.17, 15) is 0 Å². The fraction of sp³-hybridized carbons (Fsp3) is 0. The van der Waals surface area contributed by atoms with E-state index in [2.05, 4.69) is 216 Å². The van der Waals surface area contributed by atoms with E-state index in [4.69, 9.17) is 0 Å². The van der Waals surface area contributed by atoms with Crippen LogP contribution in [0.5, 0.6) is 0 Å². The summed E-state index contributed by atoms with van der Waals surface area (Å²) in [6, 6.07) is 76.2. The van der Waals surface area contributed by atoms with Gasteiger partial charge in [0.15, 0.2) is 0 Å². The van der Waals surface area contributed by atoms with Gasteiger partial charge in [0.2, 0.25) is 0 Å². The molecule has 0 atom stereocenters. The van der Waals surface area contributed by atoms with Crippen LogP contribution in [-0.2, 0) is 0 Å². The molecule has 0 bridgehead atoms. The normalized spacial score (nSPS) is 12.1. The molecule has 10 aromatic carbocycles. The van der Waals surface area contributed by atoms with Gasteiger partial charge in [-0.25, -0.2) is 0 Å². The standard InChI is InChI=1S/C56H34N2/c1-2-13-37(14-3-1)51-48-20-10-17-38-23-31-49-55(52(38)48)56-50(32-30-47-45-18-8-9-19-46(45)53(51)54(47)56)58(49)42-28-26-41(27-29-42)57(43-24-21-35-11-4-6-15-39(35)33-43)44-25-22-36-12-5-7-16-40(36)34-44/h1-34H. The predicted octanol–water partition coefficient (Wildman–Crippen LogP) is 15.7. The van der Waals surface area contributed by atoms with Gasteiger partial charge in [0.25, 0.3) is 0 Å². The van der Waals surface area contributed by atoms with Crippen molar-refractivity contribution in [1.82, 2.24) is 4.57 Å². The van der Waals surface area contributed by atoms with Crippen LogP contribution in [0, 0.1) is 0 Å². The Morgan fingerprint density at radius 1 is 0.293 bits per heavy atom. The number of anilines is 3. The van der Waals surface area contributed by atoms with Crippen LogP contribution in [0.4, 0.5) is 17.1 Å². The number of benzene rings is 10. The zero-order chi connectivity index (χ0) is 37.9. The first-order chi connectivity index (χ1) is 28.8. The lowest BCUT2D eigenvalue weighted by Crippen LogP contribution is -2.10. The number of hydrogen-bond acceptors (Lipinski definition) is 1. The number of fused-ring (bicyclic) bond motifs is 5. The maximum Gasteiger partial charge on any atom is 0.0548 e. The van der Waals surface area contributed by atoms with E-state index < -0.39 is 0 Å². The fourth-order valence-electron chi connectivity index (χ4n) is 10.1. The molecular formula is C56H34N2. The van der Waals surface area contributed by atoms with Gasteiger partial charge in [-0.05, 0) is 131 Å². The van der Waals surface area contributed by atoms with E-state index in [1.54, 1.807) is 0 Å². The highest BCUT2D eigenvalue weighted by atomic mass is 15.1. The molecule has 13 rings (SSSR count). The number of nitrogens with zero attached hydrogens (tertiary/aromatic N) is 2. The molecule has 0 spiro atoms. The van der Waals surface area contributed by atoms with Gasteiger partial charge in [-0.3, -0.25) is 0 Å². The molecule has 0 N–H and O–H groups in total. The van der Waals surface area contributed by atoms with Crippen LogP contribution in [0.2, 0.25) is 0 Å². The minimum Gasteiger partial charge on any atom is -0.310 e. The van der Waals surface area contributed by atoms with E-state index >= 15 is 0 Å². The monoisotopic (exact) mass is 734 g/mol. The molecule has 0 radical (unpaired) electrons. The van der Waals surface area contributed by atoms with Crippen molar-refractivity contribution in [3.8, 4) is 27.9 Å². The van der Waals surface area contributed by atoms with E-state index in [-0.39, 0.29) is 0 Å². The molecule has 0 amide bonds. The summed E-state index contributed by atoms with van der Waals surface area (Å²) in [7, 11) is 0. The van der Waals surface area contributed by atoms with Gasteiger partial charge in [-0.1, -0.05) is 146 Å². The van der Waals surface area contributed by atoms with Crippen molar-refractivity contribution < 1.29 is 0 Å². The molecule has 11 aromatic rings. The first kappa shape index (κ1) is 31.5. The summed E-state index contributed by atoms with van der Waals surface area (Å²) in [4.78, 5) is 2.39. The van der Waals surface area contributed by atoms with Crippen molar-refractivity contribution in [3.63, 3.8) is 0 Å². The van der Waals surface area contributed by atoms with Crippen LogP contribution >= 0.6 is 0 Å². The number of hydrogen-bond donors (Lipinski definition) is 0. The maximum absolute atomic E-state index is 2.50. The highest BCUT2D eigenvalue weighted by molar-refractivity contribution is 6.39. The molecule has 0 aliphatic heterocycles. The zero-order valence-electron chi connectivity index (χ0n) is 31.5. The molecule has 0 unspecified atom stereocenters. The lowest BCUT2D eigenvalue weighted by Gasteiger charge is -2.26. The quantitative estimate of drug-likeness (QED) is 0.171. The molecule has 0 saturated heterocycles. The largest absolute Gasteiger partial charge is 0.310 e. The van der Waals surface area contributed by atoms with Crippen LogP contribution in [0.3, 0.4) is 0 Å². The second-order valence-electron chi connectivity index (χ2n) is 15.7. The van der Waals surface area contributed by atoms with Gasteiger partial charge in [-0.15, -0.1) is 0 Å². The minimum absolute atomic E-state index is 1.11. The zero-order valence-corrected chi connectivity index (χ0v) is 31.5. The first-order valence-electron chi connectivity index (χ1n) is 20.1. The Balaban J connectivity index is 1.07. The highest BCUT2D eigenvalue weighted by Gasteiger charge is 2.29. The Bertz CT molecular complexity index is 3590. The van der Waals surface area contributed by atoms with Gasteiger partial charge in [0.1, 0.15) is 0 Å². The Labute approximate surface area is 335 Å². The van der Waals surface area contributed by atoms with Crippen molar-refractivity contribution in [2.45, 2.75) is 0 Å². The van der Waals surface area contributed by atoms with Crippen molar-refractivity contribution in [2.24, 2.45) is 0 Å². The van der Waals surface area contributed by atoms with Crippen LogP contribution in [-0.4, -0.2) is 4.57 Å². The topological polar surface area (TPSA) is 8.17 Å². The molecule has 2 aliphatic rings. The summed E-state index contributed by atoms with van der Waals surface area (Å²) in [5.74, 6) is 0. The molecule has 58 heavy (non-hydrogen) atoms. The van der Waals surface area contributed by atoms with Crippen LogP contribution in [0.25, 0.3) is 104 Å². The van der Waals surface area contributed by atoms with Gasteiger partial charge in [-0.2, -0.15) is 0 Å². The molecule has 2 aliphatic carbocycles. The van der Waals surface area contributed by atoms with Gasteiger partial charge in [0.05, 0.1) is 11.0 Å². The van der Waals surface area contributed by atoms with Crippen LogP contribution in [0.1, 0.15) is 0 Å². The second-order valence-corrected chi connectivity index (χ2v) is 15.7. The Kier molecular flexibility index (Phi) is 6.47. The summed E-state index contributed by atoms with van der Waals surface area (Å²) in [5, 5.41) is 15.4. The number of rotatable bonds is 5. The van der Waals surface area contributed by atoms with Crippen LogP contribution in [0.15, 0.2) is 206 Å². The number of aromatic nitrogens is 1. The minimum atomic E-state index is 1.11. The Morgan fingerprint density at radius 3 is 1.55 bits per heavy atom. The molecular weight excluding hydrogens is 701 g/mol. The lowest BCUT2D eigenvalue weighted by molar-refractivity contribution is 1.18. The maximum atomic E-state index is 2.50. The summed E-state index contributed by atoms with van der Waals surface area (Å²) >= 11 is 0. The molecule has 0 saturated carbocycles. The van der Waals surface area contributed by atoms with E-state index in [1.807, 2.05) is 0 Å². The molecule has 0 fully saturated rings. The summed E-state index contributed by atoms with van der Waals surface area (Å²) in [5.41, 5.74) is 12.2. The first-order valence-corrected chi connectivity index (χ1v) is 20.1. The van der Waals surface area contributed by atoms with Crippen molar-refractivity contribution >= 4 is 92.7 Å². The summed E-state index contributed by atoms with van der Waals surface area (Å²) < 4.78 is 2.50. The van der Waals surface area contributed by atoms with Gasteiger partial charge >= 0.3 is 0 Å². The van der Waals surface area contributed by atoms with Crippen molar-refractivity contribution in [1.29, 1.82) is 0 Å². The van der Waals surface area contributed by atoms with Gasteiger partial charge in [0, 0.05) is 39.1 Å². The van der Waals surface area contributed by atoms with E-state index in [0.717, 1.165) is 22.7 Å².